The molecule has 0 saturated heterocycles. The molecule has 0 spiro atoms. The lowest BCUT2D eigenvalue weighted by atomic mass is 10.0. The molecule has 1 saturated carbocycles. The first-order valence-electron chi connectivity index (χ1n) is 8.20. The molecule has 1 aliphatic carbocycles. The Hall–Kier alpha value is -2.37. The molecule has 0 bridgehead atoms. The Kier molecular flexibility index (Phi) is 4.90. The zero-order valence-electron chi connectivity index (χ0n) is 13.1. The van der Waals surface area contributed by atoms with Crippen molar-refractivity contribution in [2.24, 2.45) is 5.92 Å². The van der Waals surface area contributed by atoms with Gasteiger partial charge in [0.05, 0.1) is 18.3 Å². The highest BCUT2D eigenvalue weighted by Crippen LogP contribution is 2.28. The van der Waals surface area contributed by atoms with Crippen LogP contribution in [-0.2, 0) is 9.59 Å². The normalized spacial score (nSPS) is 15.0. The van der Waals surface area contributed by atoms with Gasteiger partial charge >= 0.3 is 0 Å². The second-order valence-corrected chi connectivity index (χ2v) is 6.19. The third kappa shape index (κ3) is 4.31. The Labute approximate surface area is 135 Å². The number of benzene rings is 1. The number of carbonyl (C=O) groups is 2. The second-order valence-electron chi connectivity index (χ2n) is 6.19. The molecule has 1 aliphatic rings. The quantitative estimate of drug-likeness (QED) is 0.766. The van der Waals surface area contributed by atoms with Gasteiger partial charge in [0.25, 0.3) is 0 Å². The van der Waals surface area contributed by atoms with Gasteiger partial charge in [-0.15, -0.1) is 0 Å². The predicted octanol–water partition coefficient (Wildman–Crippen LogP) is 2.59. The number of nitrogens with zero attached hydrogens (tertiary/aromatic N) is 1. The Morgan fingerprint density at radius 2 is 2.04 bits per heavy atom. The Morgan fingerprint density at radius 1 is 1.22 bits per heavy atom. The number of carbonyl (C=O) groups excluding carboxylic acids is 2. The van der Waals surface area contributed by atoms with Crippen molar-refractivity contribution < 1.29 is 9.59 Å². The van der Waals surface area contributed by atoms with Crippen LogP contribution in [0.5, 0.6) is 0 Å². The van der Waals surface area contributed by atoms with Crippen LogP contribution in [0.3, 0.4) is 0 Å². The third-order valence-corrected chi connectivity index (χ3v) is 4.43. The number of rotatable bonds is 6. The smallest absolute Gasteiger partial charge is 0.243 e. The highest BCUT2D eigenvalue weighted by molar-refractivity contribution is 5.96. The monoisotopic (exact) mass is 314 g/mol. The van der Waals surface area contributed by atoms with Crippen LogP contribution in [0.4, 0.5) is 5.69 Å². The van der Waals surface area contributed by atoms with Gasteiger partial charge in [0, 0.05) is 17.5 Å². The van der Waals surface area contributed by atoms with Gasteiger partial charge < -0.3 is 10.6 Å². The highest BCUT2D eigenvalue weighted by Gasteiger charge is 2.16. The fourth-order valence-electron chi connectivity index (χ4n) is 3.12. The van der Waals surface area contributed by atoms with Gasteiger partial charge in [-0.1, -0.05) is 25.7 Å². The number of anilines is 1. The van der Waals surface area contributed by atoms with Crippen LogP contribution < -0.4 is 10.6 Å². The van der Waals surface area contributed by atoms with Crippen molar-refractivity contribution in [3.05, 3.63) is 24.4 Å². The van der Waals surface area contributed by atoms with E-state index in [0.29, 0.717) is 18.0 Å². The molecule has 122 valence electrons. The fourth-order valence-corrected chi connectivity index (χ4v) is 3.12. The highest BCUT2D eigenvalue weighted by atomic mass is 16.2. The molecular weight excluding hydrogens is 292 g/mol. The molecule has 3 rings (SSSR count). The lowest BCUT2D eigenvalue weighted by Gasteiger charge is -2.09. The molecule has 1 aromatic carbocycles. The first-order chi connectivity index (χ1) is 11.2. The SMILES string of the molecule is O=C(CCC1CCCC1)NCC(=O)Nc1ccc2cn[nH]c2c1. The minimum absolute atomic E-state index is 0.00448. The average Bonchev–Trinajstić information content (AvgIpc) is 3.21. The minimum Gasteiger partial charge on any atom is -0.347 e. The van der Waals surface area contributed by atoms with E-state index in [1.54, 1.807) is 6.20 Å². The van der Waals surface area contributed by atoms with Gasteiger partial charge in [-0.3, -0.25) is 14.7 Å². The van der Waals surface area contributed by atoms with Crippen molar-refractivity contribution in [3.63, 3.8) is 0 Å². The molecule has 6 nitrogen and oxygen atoms in total. The summed E-state index contributed by atoms with van der Waals surface area (Å²) in [5.41, 5.74) is 1.55. The van der Waals surface area contributed by atoms with E-state index in [1.807, 2.05) is 18.2 Å². The summed E-state index contributed by atoms with van der Waals surface area (Å²) in [6, 6.07) is 5.52. The number of fused-ring (bicyclic) bond motifs is 1. The third-order valence-electron chi connectivity index (χ3n) is 4.43. The maximum absolute atomic E-state index is 11.9. The van der Waals surface area contributed by atoms with Crippen LogP contribution in [0.2, 0.25) is 0 Å². The van der Waals surface area contributed by atoms with Gasteiger partial charge in [-0.25, -0.2) is 0 Å². The molecule has 2 amide bonds. The van der Waals surface area contributed by atoms with E-state index in [-0.39, 0.29) is 18.4 Å². The summed E-state index contributed by atoms with van der Waals surface area (Å²) in [6.45, 7) is 0.00448. The molecule has 3 N–H and O–H groups in total. The van der Waals surface area contributed by atoms with Crippen LogP contribution in [-0.4, -0.2) is 28.6 Å². The zero-order chi connectivity index (χ0) is 16.1. The Balaban J connectivity index is 1.40. The molecular formula is C17H22N4O2. The summed E-state index contributed by atoms with van der Waals surface area (Å²) in [5.74, 6) is 0.421. The lowest BCUT2D eigenvalue weighted by molar-refractivity contribution is -0.124. The molecule has 0 unspecified atom stereocenters. The summed E-state index contributed by atoms with van der Waals surface area (Å²) in [7, 11) is 0. The molecule has 6 heteroatoms. The molecule has 2 aromatic rings. The molecule has 0 atom stereocenters. The number of H-pyrrole nitrogens is 1. The molecule has 23 heavy (non-hydrogen) atoms. The summed E-state index contributed by atoms with van der Waals surface area (Å²) in [4.78, 5) is 23.7. The van der Waals surface area contributed by atoms with Crippen molar-refractivity contribution >= 4 is 28.4 Å². The minimum atomic E-state index is -0.224. The molecule has 0 aliphatic heterocycles. The zero-order valence-corrected chi connectivity index (χ0v) is 13.1. The van der Waals surface area contributed by atoms with Crippen LogP contribution >= 0.6 is 0 Å². The van der Waals surface area contributed by atoms with E-state index in [0.717, 1.165) is 17.3 Å². The summed E-state index contributed by atoms with van der Waals surface area (Å²) >= 11 is 0. The molecule has 1 fully saturated rings. The van der Waals surface area contributed by atoms with E-state index in [4.69, 9.17) is 0 Å². The molecule has 1 aromatic heterocycles. The maximum atomic E-state index is 11.9. The fraction of sp³-hybridized carbons (Fsp3) is 0.471. The van der Waals surface area contributed by atoms with E-state index in [9.17, 15) is 9.59 Å². The number of nitrogens with one attached hydrogen (secondary N) is 3. The van der Waals surface area contributed by atoms with Gasteiger partial charge in [-0.2, -0.15) is 5.10 Å². The number of hydrogen-bond donors (Lipinski definition) is 3. The van der Waals surface area contributed by atoms with Crippen molar-refractivity contribution in [2.75, 3.05) is 11.9 Å². The molecule has 0 radical (unpaired) electrons. The predicted molar refractivity (Wildman–Crippen MR) is 88.9 cm³/mol. The van der Waals surface area contributed by atoms with Gasteiger partial charge in [0.15, 0.2) is 0 Å². The number of hydrogen-bond acceptors (Lipinski definition) is 3. The summed E-state index contributed by atoms with van der Waals surface area (Å²) in [6.07, 6.45) is 8.23. The van der Waals surface area contributed by atoms with Gasteiger partial charge in [-0.05, 0) is 30.5 Å². The van der Waals surface area contributed by atoms with Crippen LogP contribution in [0.1, 0.15) is 38.5 Å². The van der Waals surface area contributed by atoms with Crippen molar-refractivity contribution in [1.29, 1.82) is 0 Å². The average molecular weight is 314 g/mol. The van der Waals surface area contributed by atoms with E-state index in [1.165, 1.54) is 25.7 Å². The maximum Gasteiger partial charge on any atom is 0.243 e. The van der Waals surface area contributed by atoms with Gasteiger partial charge in [0.1, 0.15) is 0 Å². The summed E-state index contributed by atoms with van der Waals surface area (Å²) < 4.78 is 0. The first-order valence-corrected chi connectivity index (χ1v) is 8.20. The van der Waals surface area contributed by atoms with E-state index < -0.39 is 0 Å². The Bertz CT molecular complexity index is 689. The number of aromatic amines is 1. The van der Waals surface area contributed by atoms with Crippen LogP contribution in [0.25, 0.3) is 10.9 Å². The topological polar surface area (TPSA) is 86.9 Å². The largest absolute Gasteiger partial charge is 0.347 e. The van der Waals surface area contributed by atoms with Crippen molar-refractivity contribution in [2.45, 2.75) is 38.5 Å². The Morgan fingerprint density at radius 3 is 2.87 bits per heavy atom. The van der Waals surface area contributed by atoms with E-state index in [2.05, 4.69) is 20.8 Å². The lowest BCUT2D eigenvalue weighted by Crippen LogP contribution is -2.32. The second kappa shape index (κ2) is 7.26. The standard InChI is InChI=1S/C17H22N4O2/c22-16(8-5-12-3-1-2-4-12)18-11-17(23)20-14-7-6-13-10-19-21-15(13)9-14/h6-7,9-10,12H,1-5,8,11H2,(H,18,22)(H,19,21)(H,20,23). The van der Waals surface area contributed by atoms with Crippen LogP contribution in [0.15, 0.2) is 24.4 Å². The number of aromatic nitrogens is 2. The van der Waals surface area contributed by atoms with Crippen LogP contribution in [0, 0.1) is 5.92 Å². The van der Waals surface area contributed by atoms with Crippen molar-refractivity contribution in [1.82, 2.24) is 15.5 Å². The molecule has 1 heterocycles. The van der Waals surface area contributed by atoms with E-state index >= 15 is 0 Å². The van der Waals surface area contributed by atoms with Gasteiger partial charge in [0.2, 0.25) is 11.8 Å². The first kappa shape index (κ1) is 15.5. The summed E-state index contributed by atoms with van der Waals surface area (Å²) in [5, 5.41) is 13.2. The number of amides is 2. The van der Waals surface area contributed by atoms with Crippen molar-refractivity contribution in [3.8, 4) is 0 Å².